The third-order valence-electron chi connectivity index (χ3n) is 4.09. The lowest BCUT2D eigenvalue weighted by Gasteiger charge is -2.15. The van der Waals surface area contributed by atoms with E-state index in [1.54, 1.807) is 48.5 Å². The highest BCUT2D eigenvalue weighted by molar-refractivity contribution is 7.95. The highest BCUT2D eigenvalue weighted by Crippen LogP contribution is 2.32. The number of hydrogen-bond donors (Lipinski definition) is 2. The van der Waals surface area contributed by atoms with Crippen LogP contribution < -0.4 is 5.32 Å². The molecule has 0 spiro atoms. The number of ether oxygens (including phenoxy) is 1. The molecular weight excluding hydrogens is 370 g/mol. The summed E-state index contributed by atoms with van der Waals surface area (Å²) in [4.78, 5) is 23.5. The van der Waals surface area contributed by atoms with Crippen molar-refractivity contribution in [3.8, 4) is 0 Å². The molecule has 0 fully saturated rings. The number of alkyl carbamates (subject to hydrolysis) is 1. The van der Waals surface area contributed by atoms with Gasteiger partial charge in [-0.05, 0) is 23.3 Å². The minimum absolute atomic E-state index is 0.0474. The van der Waals surface area contributed by atoms with E-state index in [0.717, 1.165) is 5.56 Å². The van der Waals surface area contributed by atoms with Crippen molar-refractivity contribution in [3.63, 3.8) is 0 Å². The van der Waals surface area contributed by atoms with Gasteiger partial charge in [0.1, 0.15) is 12.6 Å². The average Bonchev–Trinajstić information content (AvgIpc) is 2.91. The Bertz CT molecular complexity index is 998. The highest BCUT2D eigenvalue weighted by atomic mass is 32.2. The number of sulfone groups is 1. The quantitative estimate of drug-likeness (QED) is 0.787. The predicted molar refractivity (Wildman–Crippen MR) is 97.7 cm³/mol. The highest BCUT2D eigenvalue weighted by Gasteiger charge is 2.30. The van der Waals surface area contributed by atoms with Crippen molar-refractivity contribution in [3.05, 3.63) is 70.6 Å². The first-order chi connectivity index (χ1) is 12.9. The number of carbonyl (C=O) groups is 2. The molecule has 0 unspecified atom stereocenters. The second-order valence-electron chi connectivity index (χ2n) is 5.95. The van der Waals surface area contributed by atoms with E-state index >= 15 is 0 Å². The lowest BCUT2D eigenvalue weighted by molar-refractivity contribution is -0.139. The Balaban J connectivity index is 1.62. The second-order valence-corrected chi connectivity index (χ2v) is 7.92. The van der Waals surface area contributed by atoms with Crippen LogP contribution in [0.25, 0.3) is 6.08 Å². The summed E-state index contributed by atoms with van der Waals surface area (Å²) in [5.74, 6) is -1.21. The second kappa shape index (κ2) is 7.63. The lowest BCUT2D eigenvalue weighted by Crippen LogP contribution is -2.42. The van der Waals surface area contributed by atoms with E-state index < -0.39 is 34.5 Å². The largest absolute Gasteiger partial charge is 0.480 e. The molecular formula is C19H17NO6S. The first-order valence-electron chi connectivity index (χ1n) is 8.12. The van der Waals surface area contributed by atoms with Crippen LogP contribution in [0.3, 0.4) is 0 Å². The van der Waals surface area contributed by atoms with Gasteiger partial charge in [-0.15, -0.1) is 0 Å². The van der Waals surface area contributed by atoms with Gasteiger partial charge in [-0.2, -0.15) is 0 Å². The topological polar surface area (TPSA) is 110 Å². The zero-order valence-corrected chi connectivity index (χ0v) is 15.0. The van der Waals surface area contributed by atoms with Crippen LogP contribution in [0.15, 0.2) is 64.4 Å². The molecule has 140 valence electrons. The van der Waals surface area contributed by atoms with Crippen molar-refractivity contribution in [2.75, 3.05) is 6.61 Å². The Hall–Kier alpha value is -3.13. The molecule has 8 heteroatoms. The van der Waals surface area contributed by atoms with Gasteiger partial charge < -0.3 is 15.2 Å². The molecule has 0 saturated heterocycles. The van der Waals surface area contributed by atoms with Gasteiger partial charge in [-0.1, -0.05) is 48.5 Å². The van der Waals surface area contributed by atoms with Crippen LogP contribution in [0.2, 0.25) is 0 Å². The van der Waals surface area contributed by atoms with Crippen molar-refractivity contribution in [1.29, 1.82) is 0 Å². The summed E-state index contributed by atoms with van der Waals surface area (Å²) in [6.07, 6.45) is 0.527. The standard InChI is InChI=1S/C19H17NO6S/c21-18(22)16(10-13-6-2-1-3-7-13)20-19(23)26-12-15-11-14-8-4-5-9-17(14)27(15,24)25/h1-9,11,16H,10,12H2,(H,20,23)(H,21,22)/t16-/m1/s1. The van der Waals surface area contributed by atoms with Crippen LogP contribution in [0.5, 0.6) is 0 Å². The van der Waals surface area contributed by atoms with Gasteiger partial charge in [0, 0.05) is 6.42 Å². The van der Waals surface area contributed by atoms with Crippen LogP contribution >= 0.6 is 0 Å². The lowest BCUT2D eigenvalue weighted by atomic mass is 10.1. The number of benzene rings is 2. The summed E-state index contributed by atoms with van der Waals surface area (Å²) in [5.41, 5.74) is 1.27. The number of amides is 1. The fraction of sp³-hybridized carbons (Fsp3) is 0.158. The van der Waals surface area contributed by atoms with E-state index in [1.807, 2.05) is 0 Å². The maximum atomic E-state index is 12.4. The van der Waals surface area contributed by atoms with Crippen molar-refractivity contribution in [2.45, 2.75) is 17.4 Å². The maximum Gasteiger partial charge on any atom is 0.408 e. The van der Waals surface area contributed by atoms with Crippen molar-refractivity contribution < 1.29 is 27.9 Å². The minimum Gasteiger partial charge on any atom is -0.480 e. The van der Waals surface area contributed by atoms with Crippen LogP contribution in [-0.4, -0.2) is 38.2 Å². The van der Waals surface area contributed by atoms with Gasteiger partial charge in [-0.25, -0.2) is 18.0 Å². The molecule has 3 rings (SSSR count). The van der Waals surface area contributed by atoms with Crippen LogP contribution in [0, 0.1) is 0 Å². The molecule has 0 radical (unpaired) electrons. The number of carboxylic acid groups (broad SMARTS) is 1. The van der Waals surface area contributed by atoms with Gasteiger partial charge in [0.15, 0.2) is 0 Å². The van der Waals surface area contributed by atoms with Gasteiger partial charge in [0.25, 0.3) is 0 Å². The average molecular weight is 387 g/mol. The fourth-order valence-electron chi connectivity index (χ4n) is 2.73. The normalized spacial score (nSPS) is 15.3. The molecule has 1 atom stereocenters. The summed E-state index contributed by atoms with van der Waals surface area (Å²) >= 11 is 0. The Labute approximate surface area is 156 Å². The summed E-state index contributed by atoms with van der Waals surface area (Å²) < 4.78 is 29.7. The number of fused-ring (bicyclic) bond motifs is 1. The molecule has 1 heterocycles. The molecule has 1 aliphatic rings. The molecule has 0 aliphatic carbocycles. The predicted octanol–water partition coefficient (Wildman–Crippen LogP) is 2.24. The van der Waals surface area contributed by atoms with Crippen molar-refractivity contribution >= 4 is 28.0 Å². The van der Waals surface area contributed by atoms with E-state index in [1.165, 1.54) is 12.1 Å². The van der Waals surface area contributed by atoms with Crippen LogP contribution in [0.4, 0.5) is 4.79 Å². The number of rotatable bonds is 6. The minimum atomic E-state index is -3.70. The number of carbonyl (C=O) groups excluding carboxylic acids is 1. The molecule has 2 aromatic rings. The van der Waals surface area contributed by atoms with E-state index in [2.05, 4.69) is 5.32 Å². The summed E-state index contributed by atoms with van der Waals surface area (Å²) in [6, 6.07) is 14.1. The molecule has 0 aromatic heterocycles. The zero-order valence-electron chi connectivity index (χ0n) is 14.2. The summed E-state index contributed by atoms with van der Waals surface area (Å²) in [7, 11) is -3.70. The van der Waals surface area contributed by atoms with Gasteiger partial charge in [0.05, 0.1) is 9.80 Å². The number of hydrogen-bond acceptors (Lipinski definition) is 5. The van der Waals surface area contributed by atoms with E-state index in [9.17, 15) is 23.1 Å². The van der Waals surface area contributed by atoms with Crippen molar-refractivity contribution in [2.24, 2.45) is 0 Å². The molecule has 0 saturated carbocycles. The summed E-state index contributed by atoms with van der Waals surface area (Å²) in [6.45, 7) is -0.472. The Morgan fingerprint density at radius 1 is 1.04 bits per heavy atom. The fourth-order valence-corrected chi connectivity index (χ4v) is 4.20. The van der Waals surface area contributed by atoms with Gasteiger partial charge in [0.2, 0.25) is 9.84 Å². The van der Waals surface area contributed by atoms with E-state index in [4.69, 9.17) is 4.74 Å². The first kappa shape index (κ1) is 18.7. The molecule has 1 amide bonds. The molecule has 7 nitrogen and oxygen atoms in total. The monoisotopic (exact) mass is 387 g/mol. The molecule has 1 aliphatic heterocycles. The first-order valence-corrected chi connectivity index (χ1v) is 9.61. The molecule has 2 aromatic carbocycles. The molecule has 2 N–H and O–H groups in total. The Morgan fingerprint density at radius 3 is 2.37 bits per heavy atom. The van der Waals surface area contributed by atoms with E-state index in [-0.39, 0.29) is 16.2 Å². The Kier molecular flexibility index (Phi) is 5.27. The van der Waals surface area contributed by atoms with E-state index in [0.29, 0.717) is 5.56 Å². The summed E-state index contributed by atoms with van der Waals surface area (Å²) in [5, 5.41) is 11.5. The number of nitrogens with one attached hydrogen (secondary N) is 1. The third kappa shape index (κ3) is 4.17. The molecule has 0 bridgehead atoms. The van der Waals surface area contributed by atoms with Gasteiger partial charge >= 0.3 is 12.1 Å². The number of carboxylic acids is 1. The maximum absolute atomic E-state index is 12.4. The third-order valence-corrected chi connectivity index (χ3v) is 5.97. The Morgan fingerprint density at radius 2 is 1.70 bits per heavy atom. The molecule has 27 heavy (non-hydrogen) atoms. The van der Waals surface area contributed by atoms with Crippen LogP contribution in [-0.2, 0) is 25.8 Å². The zero-order chi connectivity index (χ0) is 19.4. The smallest absolute Gasteiger partial charge is 0.408 e. The number of aliphatic carboxylic acids is 1. The van der Waals surface area contributed by atoms with Crippen molar-refractivity contribution in [1.82, 2.24) is 5.32 Å². The van der Waals surface area contributed by atoms with Crippen LogP contribution in [0.1, 0.15) is 11.1 Å². The van der Waals surface area contributed by atoms with Gasteiger partial charge in [-0.3, -0.25) is 0 Å². The SMILES string of the molecule is O=C(N[C@H](Cc1ccccc1)C(=O)O)OCC1=Cc2ccccc2S1(=O)=O.